The van der Waals surface area contributed by atoms with Crippen molar-refractivity contribution in [1.29, 1.82) is 0 Å². The number of hydrogen-bond donors (Lipinski definition) is 1. The Morgan fingerprint density at radius 1 is 1.47 bits per heavy atom. The van der Waals surface area contributed by atoms with E-state index in [0.717, 1.165) is 22.4 Å². The topological polar surface area (TPSA) is 46.5 Å². The zero-order valence-electron chi connectivity index (χ0n) is 11.3. The number of halogens is 1. The molecule has 19 heavy (non-hydrogen) atoms. The van der Waals surface area contributed by atoms with E-state index < -0.39 is 11.4 Å². The Morgan fingerprint density at radius 3 is 2.74 bits per heavy atom. The number of benzene rings is 1. The summed E-state index contributed by atoms with van der Waals surface area (Å²) in [6.07, 6.45) is 2.60. The summed E-state index contributed by atoms with van der Waals surface area (Å²) < 4.78 is 6.68. The van der Waals surface area contributed by atoms with Crippen LogP contribution in [0.5, 0.6) is 5.75 Å². The second kappa shape index (κ2) is 5.53. The van der Waals surface area contributed by atoms with Crippen LogP contribution in [-0.4, -0.2) is 17.7 Å². The maximum absolute atomic E-state index is 11.0. The Morgan fingerprint density at radius 2 is 2.16 bits per heavy atom. The molecule has 104 valence electrons. The van der Waals surface area contributed by atoms with Gasteiger partial charge in [0.2, 0.25) is 0 Å². The van der Waals surface area contributed by atoms with Crippen LogP contribution >= 0.6 is 15.9 Å². The zero-order chi connectivity index (χ0) is 14.0. The molecule has 0 bridgehead atoms. The second-order valence-corrected chi connectivity index (χ2v) is 6.62. The van der Waals surface area contributed by atoms with Gasteiger partial charge in [-0.15, -0.1) is 0 Å². The van der Waals surface area contributed by atoms with Gasteiger partial charge < -0.3 is 9.84 Å². The van der Waals surface area contributed by atoms with Gasteiger partial charge in [-0.3, -0.25) is 4.79 Å². The number of carboxylic acids is 1. The lowest BCUT2D eigenvalue weighted by Crippen LogP contribution is -2.22. The van der Waals surface area contributed by atoms with Gasteiger partial charge in [0.05, 0.1) is 17.5 Å². The molecule has 0 aromatic heterocycles. The smallest absolute Gasteiger partial charge is 0.304 e. The van der Waals surface area contributed by atoms with Crippen molar-refractivity contribution < 1.29 is 14.6 Å². The van der Waals surface area contributed by atoms with Gasteiger partial charge in [0.15, 0.2) is 0 Å². The van der Waals surface area contributed by atoms with Gasteiger partial charge >= 0.3 is 5.97 Å². The van der Waals surface area contributed by atoms with Gasteiger partial charge in [-0.1, -0.05) is 26.0 Å². The van der Waals surface area contributed by atoms with Gasteiger partial charge in [0.1, 0.15) is 5.75 Å². The summed E-state index contributed by atoms with van der Waals surface area (Å²) in [5.74, 6) is 0.714. The fraction of sp³-hybridized carbons (Fsp3) is 0.533. The summed E-state index contributed by atoms with van der Waals surface area (Å²) in [5.41, 5.74) is 0.548. The van der Waals surface area contributed by atoms with Crippen LogP contribution in [0.25, 0.3) is 0 Å². The molecule has 1 aromatic rings. The van der Waals surface area contributed by atoms with E-state index in [1.807, 2.05) is 32.0 Å². The third-order valence-corrected chi connectivity index (χ3v) is 4.28. The molecule has 0 radical (unpaired) electrons. The van der Waals surface area contributed by atoms with Crippen LogP contribution in [0.15, 0.2) is 22.7 Å². The number of hydrogen-bond acceptors (Lipinski definition) is 2. The van der Waals surface area contributed by atoms with Crippen molar-refractivity contribution in [1.82, 2.24) is 0 Å². The van der Waals surface area contributed by atoms with E-state index in [1.165, 1.54) is 12.8 Å². The molecule has 2 rings (SSSR count). The van der Waals surface area contributed by atoms with Crippen molar-refractivity contribution in [2.75, 3.05) is 6.61 Å². The van der Waals surface area contributed by atoms with Crippen LogP contribution in [0.2, 0.25) is 0 Å². The van der Waals surface area contributed by atoms with Gasteiger partial charge in [-0.2, -0.15) is 0 Å². The number of rotatable bonds is 6. The number of ether oxygens (including phenoxy) is 1. The first-order valence-corrected chi connectivity index (χ1v) is 7.33. The van der Waals surface area contributed by atoms with E-state index in [1.54, 1.807) is 0 Å². The lowest BCUT2D eigenvalue weighted by molar-refractivity contribution is -0.138. The Balaban J connectivity index is 2.19. The Bertz CT molecular complexity index is 478. The quantitative estimate of drug-likeness (QED) is 0.859. The molecule has 0 unspecified atom stereocenters. The minimum Gasteiger partial charge on any atom is -0.492 e. The lowest BCUT2D eigenvalue weighted by atomic mass is 9.81. The largest absolute Gasteiger partial charge is 0.492 e. The zero-order valence-corrected chi connectivity index (χ0v) is 12.9. The van der Waals surface area contributed by atoms with E-state index in [0.29, 0.717) is 5.92 Å². The average Bonchev–Trinajstić information content (AvgIpc) is 3.09. The van der Waals surface area contributed by atoms with E-state index in [-0.39, 0.29) is 6.42 Å². The molecule has 0 spiro atoms. The lowest BCUT2D eigenvalue weighted by Gasteiger charge is -2.25. The molecular formula is C15H19BrO3. The molecule has 0 heterocycles. The Hall–Kier alpha value is -1.03. The normalized spacial score (nSPS) is 15.3. The first-order valence-electron chi connectivity index (χ1n) is 6.54. The first-order chi connectivity index (χ1) is 8.90. The van der Waals surface area contributed by atoms with E-state index in [2.05, 4.69) is 15.9 Å². The van der Waals surface area contributed by atoms with Crippen LogP contribution in [0.4, 0.5) is 0 Å². The first kappa shape index (κ1) is 14.4. The van der Waals surface area contributed by atoms with Gasteiger partial charge in [-0.25, -0.2) is 0 Å². The van der Waals surface area contributed by atoms with Crippen molar-refractivity contribution in [2.24, 2.45) is 5.92 Å². The standard InChI is InChI=1S/C15H19BrO3/c1-15(2,8-13(17)18)11-4-3-5-12(14(11)16)19-9-10-6-7-10/h3-5,10H,6-9H2,1-2H3,(H,17,18). The SMILES string of the molecule is CC(C)(CC(=O)O)c1cccc(OCC2CC2)c1Br. The van der Waals surface area contributed by atoms with Crippen molar-refractivity contribution in [3.8, 4) is 5.75 Å². The molecule has 4 heteroatoms. The van der Waals surface area contributed by atoms with E-state index in [4.69, 9.17) is 9.84 Å². The third-order valence-electron chi connectivity index (χ3n) is 3.46. The highest BCUT2D eigenvalue weighted by Crippen LogP contribution is 2.39. The minimum atomic E-state index is -0.791. The van der Waals surface area contributed by atoms with Crippen molar-refractivity contribution in [2.45, 2.75) is 38.5 Å². The third kappa shape index (κ3) is 3.72. The predicted molar refractivity (Wildman–Crippen MR) is 77.6 cm³/mol. The summed E-state index contributed by atoms with van der Waals surface area (Å²) in [6, 6.07) is 5.80. The summed E-state index contributed by atoms with van der Waals surface area (Å²) in [6.45, 7) is 4.62. The highest BCUT2D eigenvalue weighted by Gasteiger charge is 2.28. The molecule has 0 amide bonds. The van der Waals surface area contributed by atoms with Gasteiger partial charge in [0.25, 0.3) is 0 Å². The maximum atomic E-state index is 11.0. The van der Waals surface area contributed by atoms with Crippen LogP contribution in [-0.2, 0) is 10.2 Å². The summed E-state index contributed by atoms with van der Waals surface area (Å²) in [5, 5.41) is 9.01. The summed E-state index contributed by atoms with van der Waals surface area (Å²) in [4.78, 5) is 11.0. The fourth-order valence-electron chi connectivity index (χ4n) is 2.11. The van der Waals surface area contributed by atoms with E-state index in [9.17, 15) is 4.79 Å². The number of aliphatic carboxylic acids is 1. The molecular weight excluding hydrogens is 308 g/mol. The van der Waals surface area contributed by atoms with Crippen LogP contribution in [0.3, 0.4) is 0 Å². The molecule has 3 nitrogen and oxygen atoms in total. The van der Waals surface area contributed by atoms with Gasteiger partial charge in [0, 0.05) is 5.41 Å². The van der Waals surface area contributed by atoms with Crippen molar-refractivity contribution >= 4 is 21.9 Å². The molecule has 1 saturated carbocycles. The summed E-state index contributed by atoms with van der Waals surface area (Å²) >= 11 is 3.56. The Labute approximate surface area is 122 Å². The van der Waals surface area contributed by atoms with Crippen LogP contribution < -0.4 is 4.74 Å². The second-order valence-electron chi connectivity index (χ2n) is 5.83. The monoisotopic (exact) mass is 326 g/mol. The van der Waals surface area contributed by atoms with Crippen molar-refractivity contribution in [3.05, 3.63) is 28.2 Å². The molecule has 0 saturated heterocycles. The predicted octanol–water partition coefficient (Wildman–Crippen LogP) is 3.99. The van der Waals surface area contributed by atoms with Crippen LogP contribution in [0.1, 0.15) is 38.7 Å². The van der Waals surface area contributed by atoms with Crippen molar-refractivity contribution in [3.63, 3.8) is 0 Å². The maximum Gasteiger partial charge on any atom is 0.304 e. The highest BCUT2D eigenvalue weighted by atomic mass is 79.9. The summed E-state index contributed by atoms with van der Waals surface area (Å²) in [7, 11) is 0. The van der Waals surface area contributed by atoms with Crippen LogP contribution in [0, 0.1) is 5.92 Å². The molecule has 1 aliphatic carbocycles. The number of carbonyl (C=O) groups is 1. The molecule has 0 atom stereocenters. The highest BCUT2D eigenvalue weighted by molar-refractivity contribution is 9.10. The molecule has 0 aliphatic heterocycles. The fourth-order valence-corrected chi connectivity index (χ4v) is 3.03. The molecule has 1 aromatic carbocycles. The van der Waals surface area contributed by atoms with E-state index >= 15 is 0 Å². The molecule has 1 aliphatic rings. The van der Waals surface area contributed by atoms with Gasteiger partial charge in [-0.05, 0) is 46.3 Å². The molecule has 1 fully saturated rings. The minimum absolute atomic E-state index is 0.0949. The Kier molecular flexibility index (Phi) is 4.19. The molecule has 1 N–H and O–H groups in total. The number of carboxylic acid groups (broad SMARTS) is 1. The average molecular weight is 327 g/mol.